The van der Waals surface area contributed by atoms with Gasteiger partial charge in [0.15, 0.2) is 5.76 Å². The lowest BCUT2D eigenvalue weighted by atomic mass is 10.00. The van der Waals surface area contributed by atoms with Crippen LogP contribution in [0.4, 0.5) is 11.4 Å². The predicted octanol–water partition coefficient (Wildman–Crippen LogP) is 5.21. The Balaban J connectivity index is 1.37. The number of carbonyl (C=O) groups excluding carboxylic acids is 2. The van der Waals surface area contributed by atoms with Gasteiger partial charge in [0.05, 0.1) is 12.7 Å². The Labute approximate surface area is 180 Å². The average molecular weight is 410 g/mol. The maximum absolute atomic E-state index is 12.9. The number of furan rings is 1. The maximum Gasteiger partial charge on any atom is 0.293 e. The topological polar surface area (TPSA) is 62.6 Å². The lowest BCUT2D eigenvalue weighted by molar-refractivity contribution is -0.115. The SMILES string of the molecule is O=C(Cc1cccc2ccccc12)Nc1ccc2c(c1)N(C(=O)c1ccco1)CCC2. The summed E-state index contributed by atoms with van der Waals surface area (Å²) in [6, 6.07) is 23.2. The van der Waals surface area contributed by atoms with Crippen molar-refractivity contribution in [1.29, 1.82) is 0 Å². The summed E-state index contributed by atoms with van der Waals surface area (Å²) < 4.78 is 5.30. The quantitative estimate of drug-likeness (QED) is 0.503. The molecule has 0 radical (unpaired) electrons. The van der Waals surface area contributed by atoms with Crippen LogP contribution in [-0.2, 0) is 17.6 Å². The van der Waals surface area contributed by atoms with Crippen LogP contribution in [0.3, 0.4) is 0 Å². The molecule has 0 bridgehead atoms. The number of amides is 2. The van der Waals surface area contributed by atoms with Gasteiger partial charge in [-0.15, -0.1) is 0 Å². The normalized spacial score (nSPS) is 13.1. The van der Waals surface area contributed by atoms with Crippen molar-refractivity contribution >= 4 is 34.0 Å². The molecule has 0 atom stereocenters. The number of rotatable bonds is 4. The standard InChI is InChI=1S/C26H22N2O3/c29-25(16-20-8-3-7-18-6-1-2-10-22(18)20)27-21-13-12-19-9-4-14-28(23(19)17-21)26(30)24-11-5-15-31-24/h1-3,5-8,10-13,15,17H,4,9,14,16H2,(H,27,29). The minimum absolute atomic E-state index is 0.0870. The van der Waals surface area contributed by atoms with E-state index in [2.05, 4.69) is 5.32 Å². The Kier molecular flexibility index (Phi) is 5.00. The zero-order valence-electron chi connectivity index (χ0n) is 17.0. The molecule has 0 spiro atoms. The van der Waals surface area contributed by atoms with Crippen LogP contribution in [0.15, 0.2) is 83.5 Å². The minimum Gasteiger partial charge on any atom is -0.459 e. The molecule has 1 N–H and O–H groups in total. The molecule has 1 aliphatic rings. The molecule has 5 nitrogen and oxygen atoms in total. The van der Waals surface area contributed by atoms with Gasteiger partial charge < -0.3 is 14.6 Å². The molecule has 2 amide bonds. The van der Waals surface area contributed by atoms with E-state index in [1.54, 1.807) is 17.0 Å². The van der Waals surface area contributed by atoms with Crippen molar-refractivity contribution in [2.75, 3.05) is 16.8 Å². The van der Waals surface area contributed by atoms with Crippen molar-refractivity contribution in [3.8, 4) is 0 Å². The van der Waals surface area contributed by atoms with E-state index in [0.29, 0.717) is 18.0 Å². The largest absolute Gasteiger partial charge is 0.459 e. The molecule has 31 heavy (non-hydrogen) atoms. The van der Waals surface area contributed by atoms with E-state index in [9.17, 15) is 9.59 Å². The molecule has 0 saturated heterocycles. The van der Waals surface area contributed by atoms with Gasteiger partial charge in [-0.25, -0.2) is 0 Å². The van der Waals surface area contributed by atoms with Gasteiger partial charge in [0.2, 0.25) is 5.91 Å². The highest BCUT2D eigenvalue weighted by atomic mass is 16.3. The van der Waals surface area contributed by atoms with Crippen molar-refractivity contribution in [2.45, 2.75) is 19.3 Å². The summed E-state index contributed by atoms with van der Waals surface area (Å²) in [5.41, 5.74) is 3.60. The summed E-state index contributed by atoms with van der Waals surface area (Å²) in [7, 11) is 0. The molecular weight excluding hydrogens is 388 g/mol. The van der Waals surface area contributed by atoms with E-state index in [1.165, 1.54) is 6.26 Å². The van der Waals surface area contributed by atoms with Gasteiger partial charge in [-0.1, -0.05) is 48.5 Å². The summed E-state index contributed by atoms with van der Waals surface area (Å²) in [5, 5.41) is 5.20. The third-order valence-electron chi connectivity index (χ3n) is 5.70. The third-order valence-corrected chi connectivity index (χ3v) is 5.70. The highest BCUT2D eigenvalue weighted by Crippen LogP contribution is 2.31. The summed E-state index contributed by atoms with van der Waals surface area (Å²) in [6.45, 7) is 0.625. The molecule has 1 aliphatic heterocycles. The second kappa shape index (κ2) is 8.11. The van der Waals surface area contributed by atoms with Gasteiger partial charge in [-0.2, -0.15) is 0 Å². The number of nitrogens with one attached hydrogen (secondary N) is 1. The van der Waals surface area contributed by atoms with Crippen LogP contribution >= 0.6 is 0 Å². The van der Waals surface area contributed by atoms with Gasteiger partial charge in [0, 0.05) is 17.9 Å². The second-order valence-corrected chi connectivity index (χ2v) is 7.74. The van der Waals surface area contributed by atoms with E-state index in [0.717, 1.165) is 40.4 Å². The van der Waals surface area contributed by atoms with E-state index in [4.69, 9.17) is 4.42 Å². The summed E-state index contributed by atoms with van der Waals surface area (Å²) in [6.07, 6.45) is 3.59. The summed E-state index contributed by atoms with van der Waals surface area (Å²) >= 11 is 0. The molecule has 4 aromatic rings. The fourth-order valence-corrected chi connectivity index (χ4v) is 4.22. The number of hydrogen-bond acceptors (Lipinski definition) is 3. The van der Waals surface area contributed by atoms with Crippen molar-refractivity contribution in [3.05, 3.63) is 95.9 Å². The first-order valence-corrected chi connectivity index (χ1v) is 10.4. The highest BCUT2D eigenvalue weighted by molar-refractivity contribution is 6.05. The first-order chi connectivity index (χ1) is 15.2. The first-order valence-electron chi connectivity index (χ1n) is 10.4. The zero-order chi connectivity index (χ0) is 21.2. The van der Waals surface area contributed by atoms with Gasteiger partial charge in [-0.05, 0) is 59.0 Å². The number of fused-ring (bicyclic) bond motifs is 2. The van der Waals surface area contributed by atoms with Gasteiger partial charge in [-0.3, -0.25) is 9.59 Å². The van der Waals surface area contributed by atoms with Crippen molar-refractivity contribution < 1.29 is 14.0 Å². The average Bonchev–Trinajstić information content (AvgIpc) is 3.33. The fraction of sp³-hybridized carbons (Fsp3) is 0.154. The lowest BCUT2D eigenvalue weighted by Gasteiger charge is -2.29. The molecule has 0 unspecified atom stereocenters. The fourth-order valence-electron chi connectivity index (χ4n) is 4.22. The van der Waals surface area contributed by atoms with Crippen LogP contribution in [0.2, 0.25) is 0 Å². The molecule has 154 valence electrons. The van der Waals surface area contributed by atoms with E-state index in [1.807, 2.05) is 60.7 Å². The number of benzene rings is 3. The van der Waals surface area contributed by atoms with Crippen molar-refractivity contribution in [3.63, 3.8) is 0 Å². The van der Waals surface area contributed by atoms with Crippen molar-refractivity contribution in [2.24, 2.45) is 0 Å². The molecule has 5 rings (SSSR count). The Morgan fingerprint density at radius 2 is 1.84 bits per heavy atom. The predicted molar refractivity (Wildman–Crippen MR) is 121 cm³/mol. The van der Waals surface area contributed by atoms with Crippen LogP contribution in [0.5, 0.6) is 0 Å². The third kappa shape index (κ3) is 3.82. The molecule has 0 fully saturated rings. The smallest absolute Gasteiger partial charge is 0.293 e. The highest BCUT2D eigenvalue weighted by Gasteiger charge is 2.25. The molecule has 5 heteroatoms. The molecule has 0 saturated carbocycles. The van der Waals surface area contributed by atoms with E-state index < -0.39 is 0 Å². The monoisotopic (exact) mass is 410 g/mol. The molecule has 2 heterocycles. The van der Waals surface area contributed by atoms with E-state index >= 15 is 0 Å². The Bertz CT molecular complexity index is 1260. The van der Waals surface area contributed by atoms with Crippen LogP contribution in [0, 0.1) is 0 Å². The molecular formula is C26H22N2O3. The van der Waals surface area contributed by atoms with Crippen LogP contribution < -0.4 is 10.2 Å². The number of carbonyl (C=O) groups is 2. The van der Waals surface area contributed by atoms with E-state index in [-0.39, 0.29) is 18.2 Å². The van der Waals surface area contributed by atoms with Gasteiger partial charge in [0.25, 0.3) is 5.91 Å². The molecule has 1 aromatic heterocycles. The van der Waals surface area contributed by atoms with Gasteiger partial charge in [0.1, 0.15) is 0 Å². The van der Waals surface area contributed by atoms with Crippen LogP contribution in [-0.4, -0.2) is 18.4 Å². The Morgan fingerprint density at radius 1 is 0.968 bits per heavy atom. The van der Waals surface area contributed by atoms with Crippen LogP contribution in [0.1, 0.15) is 28.1 Å². The van der Waals surface area contributed by atoms with Gasteiger partial charge >= 0.3 is 0 Å². The lowest BCUT2D eigenvalue weighted by Crippen LogP contribution is -2.35. The Morgan fingerprint density at radius 3 is 2.71 bits per heavy atom. The number of aryl methyl sites for hydroxylation is 1. The Hall–Kier alpha value is -3.86. The van der Waals surface area contributed by atoms with Crippen molar-refractivity contribution in [1.82, 2.24) is 0 Å². The number of hydrogen-bond donors (Lipinski definition) is 1. The second-order valence-electron chi connectivity index (χ2n) is 7.74. The number of anilines is 2. The molecule has 3 aromatic carbocycles. The number of nitrogens with zero attached hydrogens (tertiary/aromatic N) is 1. The maximum atomic E-state index is 12.9. The molecule has 0 aliphatic carbocycles. The summed E-state index contributed by atoms with van der Waals surface area (Å²) in [4.78, 5) is 27.4. The minimum atomic E-state index is -0.162. The zero-order valence-corrected chi connectivity index (χ0v) is 17.0. The van der Waals surface area contributed by atoms with Crippen LogP contribution in [0.25, 0.3) is 10.8 Å². The first kappa shape index (κ1) is 19.1. The summed E-state index contributed by atoms with van der Waals surface area (Å²) in [5.74, 6) is 0.0689.